The van der Waals surface area contributed by atoms with Crippen LogP contribution in [0.3, 0.4) is 0 Å². The molecule has 0 bridgehead atoms. The fourth-order valence-electron chi connectivity index (χ4n) is 5.76. The van der Waals surface area contributed by atoms with Crippen LogP contribution in [0, 0.1) is 0 Å². The lowest BCUT2D eigenvalue weighted by Gasteiger charge is -2.33. The Balaban J connectivity index is 1.51. The highest BCUT2D eigenvalue weighted by Gasteiger charge is 2.57. The second kappa shape index (κ2) is 11.5. The van der Waals surface area contributed by atoms with E-state index in [0.717, 1.165) is 25.7 Å². The maximum absolute atomic E-state index is 13.5. The summed E-state index contributed by atoms with van der Waals surface area (Å²) in [5, 5.41) is 13.8. The number of hydrogen-bond donors (Lipinski definition) is 1. The Hall–Kier alpha value is -1.86. The predicted octanol–water partition coefficient (Wildman–Crippen LogP) is 4.93. The summed E-state index contributed by atoms with van der Waals surface area (Å²) in [5.41, 5.74) is -0.355. The van der Waals surface area contributed by atoms with Gasteiger partial charge in [0.15, 0.2) is 23.5 Å². The first-order valence-electron chi connectivity index (χ1n) is 14.7. The molecule has 1 N–H and O–H groups in total. The molecule has 1 amide bonds. The van der Waals surface area contributed by atoms with Gasteiger partial charge in [0.1, 0.15) is 36.4 Å². The van der Waals surface area contributed by atoms with Gasteiger partial charge in [-0.1, -0.05) is 12.8 Å². The maximum Gasteiger partial charge on any atom is 0.416 e. The van der Waals surface area contributed by atoms with E-state index in [1.165, 1.54) is 0 Å². The SMILES string of the molecule is CC(C)(C)OC(=O)N(c1nc(Cl)nc2c1cnn2[C@@H]1O[C@H](COC(C)(CO)P(C)(C)=O)[C@H]2OC(C)(C)O[C@H]21)C1CCCC1. The van der Waals surface area contributed by atoms with Crippen LogP contribution in [0.1, 0.15) is 73.5 Å². The zero-order valence-corrected chi connectivity index (χ0v) is 27.7. The molecule has 1 saturated carbocycles. The highest BCUT2D eigenvalue weighted by atomic mass is 35.5. The molecule has 0 radical (unpaired) electrons. The number of nitrogens with zero attached hydrogens (tertiary/aromatic N) is 5. The Labute approximate surface area is 256 Å². The largest absolute Gasteiger partial charge is 0.443 e. The summed E-state index contributed by atoms with van der Waals surface area (Å²) in [5.74, 6) is -0.599. The summed E-state index contributed by atoms with van der Waals surface area (Å²) in [4.78, 5) is 24.1. The molecular weight excluding hydrogens is 601 g/mol. The van der Waals surface area contributed by atoms with E-state index in [0.29, 0.717) is 16.9 Å². The van der Waals surface area contributed by atoms with Crippen molar-refractivity contribution in [2.24, 2.45) is 0 Å². The van der Waals surface area contributed by atoms with Crippen LogP contribution in [0.15, 0.2) is 6.20 Å². The molecule has 3 aliphatic rings. The number of carbonyl (C=O) groups is 1. The zero-order valence-electron chi connectivity index (χ0n) is 26.1. The number of hydrogen-bond acceptors (Lipinski definition) is 11. The van der Waals surface area contributed by atoms with E-state index in [1.54, 1.807) is 36.0 Å². The van der Waals surface area contributed by atoms with Crippen molar-refractivity contribution in [3.8, 4) is 0 Å². The summed E-state index contributed by atoms with van der Waals surface area (Å²) < 4.78 is 45.2. The van der Waals surface area contributed by atoms with Crippen molar-refractivity contribution in [3.05, 3.63) is 11.5 Å². The van der Waals surface area contributed by atoms with Crippen molar-refractivity contribution in [1.29, 1.82) is 0 Å². The number of aliphatic hydroxyl groups is 1. The van der Waals surface area contributed by atoms with Crippen molar-refractivity contribution in [2.45, 2.75) is 115 Å². The molecule has 1 unspecified atom stereocenters. The number of fused-ring (bicyclic) bond motifs is 2. The van der Waals surface area contributed by atoms with Crippen LogP contribution in [0.4, 0.5) is 10.6 Å². The molecule has 5 rings (SSSR count). The molecule has 13 nitrogen and oxygen atoms in total. The van der Waals surface area contributed by atoms with Gasteiger partial charge in [-0.3, -0.25) is 4.90 Å². The smallest absolute Gasteiger partial charge is 0.416 e. The molecule has 1 aliphatic carbocycles. The van der Waals surface area contributed by atoms with Crippen LogP contribution < -0.4 is 4.90 Å². The van der Waals surface area contributed by atoms with Crippen molar-refractivity contribution in [2.75, 3.05) is 31.4 Å². The number of ether oxygens (including phenoxy) is 5. The van der Waals surface area contributed by atoms with Gasteiger partial charge >= 0.3 is 6.09 Å². The third kappa shape index (κ3) is 6.45. The first-order chi connectivity index (χ1) is 19.9. The maximum atomic E-state index is 13.5. The molecule has 5 atom stereocenters. The second-order valence-corrected chi connectivity index (χ2v) is 17.5. The summed E-state index contributed by atoms with van der Waals surface area (Å²) in [6, 6.07) is -0.109. The highest BCUT2D eigenvalue weighted by molar-refractivity contribution is 7.63. The van der Waals surface area contributed by atoms with Gasteiger partial charge in [-0.25, -0.2) is 9.48 Å². The number of aromatic nitrogens is 4. The average molecular weight is 644 g/mol. The van der Waals surface area contributed by atoms with Gasteiger partial charge in [0, 0.05) is 6.04 Å². The topological polar surface area (TPSA) is 147 Å². The Morgan fingerprint density at radius 3 is 2.44 bits per heavy atom. The number of anilines is 1. The van der Waals surface area contributed by atoms with E-state index >= 15 is 0 Å². The first kappa shape index (κ1) is 32.5. The number of amides is 1. The molecule has 2 saturated heterocycles. The van der Waals surface area contributed by atoms with Crippen molar-refractivity contribution in [3.63, 3.8) is 0 Å². The monoisotopic (exact) mass is 643 g/mol. The Morgan fingerprint density at radius 2 is 1.84 bits per heavy atom. The van der Waals surface area contributed by atoms with Crippen molar-refractivity contribution in [1.82, 2.24) is 19.7 Å². The summed E-state index contributed by atoms with van der Waals surface area (Å²) in [6.45, 7) is 13.4. The number of halogens is 1. The quantitative estimate of drug-likeness (QED) is 0.308. The zero-order chi connectivity index (χ0) is 31.5. The van der Waals surface area contributed by atoms with E-state index in [1.807, 2.05) is 34.6 Å². The van der Waals surface area contributed by atoms with Crippen molar-refractivity contribution >= 4 is 41.7 Å². The molecular formula is C28H43ClN5O8P. The van der Waals surface area contributed by atoms with Gasteiger partial charge in [-0.15, -0.1) is 0 Å². The van der Waals surface area contributed by atoms with Crippen molar-refractivity contribution < 1.29 is 38.2 Å². The lowest BCUT2D eigenvalue weighted by Crippen LogP contribution is -2.43. The van der Waals surface area contributed by atoms with E-state index in [2.05, 4.69) is 15.1 Å². The molecule has 0 aromatic carbocycles. The molecule has 2 aromatic heterocycles. The molecule has 43 heavy (non-hydrogen) atoms. The minimum absolute atomic E-state index is 0.00582. The van der Waals surface area contributed by atoms with Crippen LogP contribution >= 0.6 is 18.7 Å². The van der Waals surface area contributed by atoms with Crippen LogP contribution in [-0.4, -0.2) is 98.6 Å². The van der Waals surface area contributed by atoms with Gasteiger partial charge in [-0.05, 0) is 79.3 Å². The molecule has 0 spiro atoms. The molecule has 4 heterocycles. The number of rotatable bonds is 8. The summed E-state index contributed by atoms with van der Waals surface area (Å²) in [7, 11) is -2.84. The molecule has 2 aromatic rings. The van der Waals surface area contributed by atoms with Gasteiger partial charge in [0.25, 0.3) is 0 Å². The number of aliphatic hydroxyl groups excluding tert-OH is 1. The first-order valence-corrected chi connectivity index (χ1v) is 17.6. The highest BCUT2D eigenvalue weighted by Crippen LogP contribution is 2.52. The van der Waals surface area contributed by atoms with Crippen LogP contribution in [0.5, 0.6) is 0 Å². The minimum Gasteiger partial charge on any atom is -0.443 e. The van der Waals surface area contributed by atoms with Gasteiger partial charge in [0.2, 0.25) is 5.28 Å². The van der Waals surface area contributed by atoms with Crippen LogP contribution in [0.25, 0.3) is 11.0 Å². The molecule has 240 valence electrons. The Kier molecular flexibility index (Phi) is 8.70. The third-order valence-electron chi connectivity index (χ3n) is 8.27. The fourth-order valence-corrected chi connectivity index (χ4v) is 6.65. The summed E-state index contributed by atoms with van der Waals surface area (Å²) >= 11 is 6.48. The van der Waals surface area contributed by atoms with E-state index in [9.17, 15) is 14.5 Å². The lowest BCUT2D eigenvalue weighted by atomic mass is 10.1. The van der Waals surface area contributed by atoms with Crippen LogP contribution in [0.2, 0.25) is 5.28 Å². The minimum atomic E-state index is -2.84. The standard InChI is InChI=1S/C28H43ClN5O8P/c1-26(2,3)42-25(36)33(16-11-9-10-12-16)21-17-13-30-34(22(17)32-24(29)31-21)23-20-19(40-27(4,5)41-20)18(39-23)14-38-28(6,15-35)43(7,8)37/h13,16,18-20,23,35H,9-12,14-15H2,1-8H3/t18-,19-,20-,23-,28?/m1/s1. The number of carbonyl (C=O) groups excluding carboxylic acids is 1. The van der Waals surface area contributed by atoms with Gasteiger partial charge in [-0.2, -0.15) is 15.1 Å². The molecule has 2 aliphatic heterocycles. The lowest BCUT2D eigenvalue weighted by molar-refractivity contribution is -0.206. The van der Waals surface area contributed by atoms with E-state index < -0.39 is 61.1 Å². The molecule has 15 heteroatoms. The third-order valence-corrected chi connectivity index (χ3v) is 11.0. The predicted molar refractivity (Wildman–Crippen MR) is 160 cm³/mol. The van der Waals surface area contributed by atoms with Gasteiger partial charge < -0.3 is 33.4 Å². The normalized spacial score (nSPS) is 27.4. The Bertz CT molecular complexity index is 1400. The van der Waals surface area contributed by atoms with Gasteiger partial charge in [0.05, 0.1) is 24.8 Å². The van der Waals surface area contributed by atoms with E-state index in [-0.39, 0.29) is 17.9 Å². The van der Waals surface area contributed by atoms with Crippen LogP contribution in [-0.2, 0) is 28.2 Å². The average Bonchev–Trinajstić information content (AvgIpc) is 3.65. The summed E-state index contributed by atoms with van der Waals surface area (Å²) in [6.07, 6.45) is 2.08. The fraction of sp³-hybridized carbons (Fsp3) is 0.786. The Morgan fingerprint density at radius 1 is 1.19 bits per heavy atom. The second-order valence-electron chi connectivity index (χ2n) is 13.6. The van der Waals surface area contributed by atoms with E-state index in [4.69, 9.17) is 35.3 Å². The molecule has 3 fully saturated rings.